The maximum absolute atomic E-state index is 14.0. The number of hydrogen-bond donors (Lipinski definition) is 2. The molecular formula is C41H65N5O4. The lowest BCUT2D eigenvalue weighted by Gasteiger charge is -2.55. The molecule has 1 aromatic rings. The van der Waals surface area contributed by atoms with Crippen LogP contribution in [0.15, 0.2) is 18.6 Å². The van der Waals surface area contributed by atoms with Crippen molar-refractivity contribution in [2.24, 2.45) is 46.3 Å². The molecule has 3 amide bonds. The van der Waals surface area contributed by atoms with E-state index in [0.29, 0.717) is 59.4 Å². The minimum absolute atomic E-state index is 0.0448. The number of urea groups is 1. The van der Waals surface area contributed by atoms with Crippen LogP contribution in [-0.4, -0.2) is 70.5 Å². The molecule has 278 valence electrons. The summed E-state index contributed by atoms with van der Waals surface area (Å²) in [5.74, 6) is 3.17. The lowest BCUT2D eigenvalue weighted by Crippen LogP contribution is -2.54. The molecular weight excluding hydrogens is 626 g/mol. The smallest absolute Gasteiger partial charge is 0.317 e. The molecule has 11 atom stereocenters. The molecule has 2 N–H and O–H groups in total. The molecule has 1 aromatic heterocycles. The first-order valence-corrected chi connectivity index (χ1v) is 20.5. The monoisotopic (exact) mass is 692 g/mol. The standard InChI is InChI=1S/C41H65N5O4/c1-6-29-23-32(45-38(48)46(33-10-8-7-9-11-33)21-20-44-37(47)34-25-42-18-19-43-34)14-16-39(29,4)30-13-15-40(5)31(22-30)24-35-36(40)28(3)41(50-35)17-12-27(2)26-49-41/h18-19,25,27-33,35-36H,6-17,20-24,26H2,1-5H3,(H,44,47)(H,45,48)/t27-,28-,29+,30-,31+,32+,35-,36-,39-,40-,41+/m0/s1. The molecule has 0 bridgehead atoms. The molecule has 9 heteroatoms. The van der Waals surface area contributed by atoms with Crippen LogP contribution < -0.4 is 10.6 Å². The third-order valence-corrected chi connectivity index (χ3v) is 15.4. The fourth-order valence-corrected chi connectivity index (χ4v) is 12.3. The SMILES string of the molecule is CC[C@@H]1C[C@H](NC(=O)N(CCNC(=O)c2cnccn2)C2CCCCC2)CC[C@]1(C)[C@H]1CC[C@@]2(C)[C@H](C1)C[C@@H]1O[C@]3(CC[C@H](C)CO3)[C@@H](C)[C@@H]12. The second-order valence-electron chi connectivity index (χ2n) is 18.0. The van der Waals surface area contributed by atoms with E-state index in [9.17, 15) is 9.59 Å². The van der Waals surface area contributed by atoms with E-state index in [0.717, 1.165) is 69.8 Å². The number of nitrogens with one attached hydrogen (secondary N) is 2. The topological polar surface area (TPSA) is 106 Å². The summed E-state index contributed by atoms with van der Waals surface area (Å²) in [6.45, 7) is 14.1. The molecule has 4 aliphatic carbocycles. The van der Waals surface area contributed by atoms with Gasteiger partial charge in [-0.3, -0.25) is 9.78 Å². The van der Waals surface area contributed by atoms with Crippen LogP contribution in [0, 0.1) is 46.3 Å². The van der Waals surface area contributed by atoms with Gasteiger partial charge in [0.25, 0.3) is 5.91 Å². The summed E-state index contributed by atoms with van der Waals surface area (Å²) in [4.78, 5) is 36.8. The van der Waals surface area contributed by atoms with Crippen molar-refractivity contribution in [1.29, 1.82) is 0 Å². The van der Waals surface area contributed by atoms with E-state index >= 15 is 0 Å². The lowest BCUT2D eigenvalue weighted by atomic mass is 9.51. The first-order chi connectivity index (χ1) is 24.1. The molecule has 3 heterocycles. The zero-order valence-corrected chi connectivity index (χ0v) is 31.6. The fourth-order valence-electron chi connectivity index (χ4n) is 12.3. The van der Waals surface area contributed by atoms with Gasteiger partial charge in [0.15, 0.2) is 5.79 Å². The van der Waals surface area contributed by atoms with Crippen LogP contribution in [0.3, 0.4) is 0 Å². The Morgan fingerprint density at radius 1 is 0.940 bits per heavy atom. The Labute approximate surface area is 301 Å². The third-order valence-electron chi connectivity index (χ3n) is 15.4. The first kappa shape index (κ1) is 36.1. The number of fused-ring (bicyclic) bond motifs is 3. The highest BCUT2D eigenvalue weighted by molar-refractivity contribution is 5.91. The number of carbonyl (C=O) groups is 2. The molecule has 0 aromatic carbocycles. The van der Waals surface area contributed by atoms with Gasteiger partial charge in [-0.2, -0.15) is 0 Å². The van der Waals surface area contributed by atoms with Gasteiger partial charge in [0.2, 0.25) is 0 Å². The van der Waals surface area contributed by atoms with Crippen LogP contribution >= 0.6 is 0 Å². The van der Waals surface area contributed by atoms with E-state index < -0.39 is 0 Å². The number of hydrogen-bond acceptors (Lipinski definition) is 6. The zero-order valence-electron chi connectivity index (χ0n) is 31.6. The summed E-state index contributed by atoms with van der Waals surface area (Å²) in [6, 6.07) is 0.470. The highest BCUT2D eigenvalue weighted by Crippen LogP contribution is 2.67. The summed E-state index contributed by atoms with van der Waals surface area (Å²) in [6.07, 6.45) is 22.4. The molecule has 0 unspecified atom stereocenters. The van der Waals surface area contributed by atoms with Crippen molar-refractivity contribution in [2.45, 2.75) is 155 Å². The van der Waals surface area contributed by atoms with Crippen molar-refractivity contribution in [1.82, 2.24) is 25.5 Å². The number of carbonyl (C=O) groups excluding carboxylic acids is 2. The predicted octanol–water partition coefficient (Wildman–Crippen LogP) is 7.76. The van der Waals surface area contributed by atoms with Gasteiger partial charge in [0.1, 0.15) is 5.69 Å². The number of aromatic nitrogens is 2. The van der Waals surface area contributed by atoms with E-state index in [-0.39, 0.29) is 29.8 Å². The van der Waals surface area contributed by atoms with E-state index in [1.165, 1.54) is 57.3 Å². The van der Waals surface area contributed by atoms with Crippen LogP contribution in [0.5, 0.6) is 0 Å². The molecule has 2 aliphatic heterocycles. The van der Waals surface area contributed by atoms with Crippen molar-refractivity contribution in [3.8, 4) is 0 Å². The molecule has 6 fully saturated rings. The number of ether oxygens (including phenoxy) is 2. The molecule has 9 nitrogen and oxygen atoms in total. The van der Waals surface area contributed by atoms with Crippen molar-refractivity contribution < 1.29 is 19.1 Å². The Hall–Kier alpha value is -2.26. The average Bonchev–Trinajstić information content (AvgIpc) is 3.57. The molecule has 6 aliphatic rings. The average molecular weight is 692 g/mol. The van der Waals surface area contributed by atoms with Gasteiger partial charge in [0, 0.05) is 49.9 Å². The zero-order chi connectivity index (χ0) is 35.1. The molecule has 1 spiro atoms. The maximum Gasteiger partial charge on any atom is 0.317 e. The quantitative estimate of drug-likeness (QED) is 0.289. The Morgan fingerprint density at radius 3 is 2.46 bits per heavy atom. The van der Waals surface area contributed by atoms with Gasteiger partial charge in [-0.1, -0.05) is 60.3 Å². The fraction of sp³-hybridized carbons (Fsp3) is 0.854. The Bertz CT molecular complexity index is 1330. The Kier molecular flexibility index (Phi) is 10.6. The molecule has 4 saturated carbocycles. The van der Waals surface area contributed by atoms with Gasteiger partial charge < -0.3 is 25.0 Å². The van der Waals surface area contributed by atoms with Gasteiger partial charge in [0.05, 0.1) is 18.9 Å². The molecule has 0 radical (unpaired) electrons. The minimum Gasteiger partial charge on any atom is -0.349 e. The van der Waals surface area contributed by atoms with Crippen molar-refractivity contribution in [3.05, 3.63) is 24.3 Å². The second kappa shape index (κ2) is 14.6. The number of amides is 3. The highest BCUT2D eigenvalue weighted by atomic mass is 16.7. The summed E-state index contributed by atoms with van der Waals surface area (Å²) in [5.41, 5.74) is 0.949. The van der Waals surface area contributed by atoms with Crippen LogP contribution in [0.25, 0.3) is 0 Å². The highest BCUT2D eigenvalue weighted by Gasteiger charge is 2.66. The third kappa shape index (κ3) is 6.72. The largest absolute Gasteiger partial charge is 0.349 e. The normalized spacial score (nSPS) is 41.7. The Morgan fingerprint density at radius 2 is 1.74 bits per heavy atom. The minimum atomic E-state index is -0.341. The van der Waals surface area contributed by atoms with Crippen molar-refractivity contribution in [2.75, 3.05) is 19.7 Å². The number of rotatable bonds is 8. The molecule has 7 rings (SSSR count). The first-order valence-electron chi connectivity index (χ1n) is 20.5. The number of nitrogens with zero attached hydrogens (tertiary/aromatic N) is 3. The van der Waals surface area contributed by atoms with Gasteiger partial charge >= 0.3 is 6.03 Å². The van der Waals surface area contributed by atoms with Crippen molar-refractivity contribution >= 4 is 11.9 Å². The van der Waals surface area contributed by atoms with Crippen LogP contribution in [0.4, 0.5) is 4.79 Å². The van der Waals surface area contributed by atoms with E-state index in [4.69, 9.17) is 9.47 Å². The van der Waals surface area contributed by atoms with E-state index in [1.54, 1.807) is 6.20 Å². The van der Waals surface area contributed by atoms with E-state index in [1.807, 2.05) is 4.90 Å². The molecule has 50 heavy (non-hydrogen) atoms. The van der Waals surface area contributed by atoms with Crippen LogP contribution in [0.2, 0.25) is 0 Å². The summed E-state index contributed by atoms with van der Waals surface area (Å²) >= 11 is 0. The summed E-state index contributed by atoms with van der Waals surface area (Å²) in [7, 11) is 0. The van der Waals surface area contributed by atoms with Gasteiger partial charge in [-0.25, -0.2) is 9.78 Å². The summed E-state index contributed by atoms with van der Waals surface area (Å²) < 4.78 is 13.5. The van der Waals surface area contributed by atoms with Gasteiger partial charge in [-0.05, 0) is 105 Å². The summed E-state index contributed by atoms with van der Waals surface area (Å²) in [5, 5.41) is 6.48. The lowest BCUT2D eigenvalue weighted by molar-refractivity contribution is -0.272. The second-order valence-corrected chi connectivity index (χ2v) is 18.0. The predicted molar refractivity (Wildman–Crippen MR) is 194 cm³/mol. The maximum atomic E-state index is 14.0. The van der Waals surface area contributed by atoms with E-state index in [2.05, 4.69) is 55.2 Å². The van der Waals surface area contributed by atoms with Crippen molar-refractivity contribution in [3.63, 3.8) is 0 Å². The Balaban J connectivity index is 0.958. The van der Waals surface area contributed by atoms with Gasteiger partial charge in [-0.15, -0.1) is 0 Å². The van der Waals surface area contributed by atoms with Crippen LogP contribution in [0.1, 0.15) is 141 Å². The molecule has 2 saturated heterocycles. The van der Waals surface area contributed by atoms with Crippen LogP contribution in [-0.2, 0) is 9.47 Å².